The highest BCUT2D eigenvalue weighted by Gasteiger charge is 2.36. The third kappa shape index (κ3) is 4.05. The van der Waals surface area contributed by atoms with Gasteiger partial charge in [0.1, 0.15) is 22.6 Å². The third-order valence-electron chi connectivity index (χ3n) is 6.57. The van der Waals surface area contributed by atoms with E-state index < -0.39 is 17.9 Å². The molecule has 2 aromatic heterocycles. The van der Waals surface area contributed by atoms with Gasteiger partial charge in [0.15, 0.2) is 5.82 Å². The molecule has 1 aliphatic heterocycles. The van der Waals surface area contributed by atoms with Crippen LogP contribution in [0.25, 0.3) is 5.00 Å². The summed E-state index contributed by atoms with van der Waals surface area (Å²) < 4.78 is 7.29. The highest BCUT2D eigenvalue weighted by Crippen LogP contribution is 2.40. The standard InChI is InChI=1S/C27H27N5O3S/c1-14-16(3)36-26-22(14)24(29-23(15(2)27(33)34)25-31-30-17(4)32(25)26)18-9-11-19(12-10-18)28-20-7-6-8-21(13-20)35-5/h6-13,15,23,28H,1-5H3,(H,33,34)/t15-,23?/m0/s1. The molecule has 5 rings (SSSR count). The number of hydrogen-bond acceptors (Lipinski definition) is 7. The van der Waals surface area contributed by atoms with Gasteiger partial charge in [0.2, 0.25) is 0 Å². The number of aliphatic carboxylic acids is 1. The van der Waals surface area contributed by atoms with Gasteiger partial charge in [0.05, 0.1) is 18.7 Å². The Hall–Kier alpha value is -3.98. The van der Waals surface area contributed by atoms with E-state index in [1.54, 1.807) is 25.4 Å². The maximum absolute atomic E-state index is 12.0. The Labute approximate surface area is 213 Å². The predicted octanol–water partition coefficient (Wildman–Crippen LogP) is 5.62. The van der Waals surface area contributed by atoms with Gasteiger partial charge in [-0.05, 0) is 57.5 Å². The fraction of sp³-hybridized carbons (Fsp3) is 0.259. The molecular weight excluding hydrogens is 474 g/mol. The lowest BCUT2D eigenvalue weighted by atomic mass is 9.98. The van der Waals surface area contributed by atoms with Gasteiger partial charge in [-0.25, -0.2) is 0 Å². The quantitative estimate of drug-likeness (QED) is 0.356. The van der Waals surface area contributed by atoms with Crippen LogP contribution < -0.4 is 10.1 Å². The van der Waals surface area contributed by atoms with Crippen LogP contribution in [0.2, 0.25) is 0 Å². The van der Waals surface area contributed by atoms with Crippen molar-refractivity contribution in [2.75, 3.05) is 12.4 Å². The van der Waals surface area contributed by atoms with Crippen molar-refractivity contribution in [3.8, 4) is 10.8 Å². The zero-order valence-electron chi connectivity index (χ0n) is 20.7. The van der Waals surface area contributed by atoms with Gasteiger partial charge in [-0.1, -0.05) is 18.2 Å². The normalized spacial score (nSPS) is 15.4. The molecule has 0 aliphatic carbocycles. The average Bonchev–Trinajstić information content (AvgIpc) is 3.34. The Morgan fingerprint density at radius 3 is 2.56 bits per heavy atom. The molecule has 3 heterocycles. The fourth-order valence-corrected chi connectivity index (χ4v) is 5.61. The number of ether oxygens (including phenoxy) is 1. The van der Waals surface area contributed by atoms with Crippen molar-refractivity contribution in [2.24, 2.45) is 10.9 Å². The van der Waals surface area contributed by atoms with Crippen molar-refractivity contribution in [2.45, 2.75) is 33.7 Å². The number of aliphatic imine (C=N–C) groups is 1. The van der Waals surface area contributed by atoms with Gasteiger partial charge in [-0.2, -0.15) is 0 Å². The van der Waals surface area contributed by atoms with Crippen LogP contribution >= 0.6 is 11.3 Å². The van der Waals surface area contributed by atoms with Crippen molar-refractivity contribution in [3.63, 3.8) is 0 Å². The average molecular weight is 502 g/mol. The number of fused-ring (bicyclic) bond motifs is 3. The number of aromatic nitrogens is 3. The van der Waals surface area contributed by atoms with E-state index in [1.807, 2.05) is 60.0 Å². The molecule has 36 heavy (non-hydrogen) atoms. The summed E-state index contributed by atoms with van der Waals surface area (Å²) in [4.78, 5) is 18.3. The van der Waals surface area contributed by atoms with E-state index in [2.05, 4.69) is 29.4 Å². The summed E-state index contributed by atoms with van der Waals surface area (Å²) in [5.41, 5.74) is 5.63. The minimum Gasteiger partial charge on any atom is -0.497 e. The number of nitrogens with zero attached hydrogens (tertiary/aromatic N) is 4. The van der Waals surface area contributed by atoms with E-state index in [1.165, 1.54) is 4.88 Å². The summed E-state index contributed by atoms with van der Waals surface area (Å²) in [6, 6.07) is 15.1. The number of thiophene rings is 1. The van der Waals surface area contributed by atoms with Gasteiger partial charge >= 0.3 is 5.97 Å². The summed E-state index contributed by atoms with van der Waals surface area (Å²) in [5.74, 6) is 0.347. The number of hydrogen-bond donors (Lipinski definition) is 2. The second-order valence-corrected chi connectivity index (χ2v) is 10.1. The number of carboxylic acids is 1. The van der Waals surface area contributed by atoms with Crippen LogP contribution in [0.4, 0.5) is 11.4 Å². The fourth-order valence-electron chi connectivity index (χ4n) is 4.40. The first-order valence-electron chi connectivity index (χ1n) is 11.6. The maximum Gasteiger partial charge on any atom is 0.308 e. The minimum absolute atomic E-state index is 0.552. The predicted molar refractivity (Wildman–Crippen MR) is 141 cm³/mol. The molecule has 2 N–H and O–H groups in total. The van der Waals surface area contributed by atoms with Crippen LogP contribution in [-0.4, -0.2) is 38.7 Å². The van der Waals surface area contributed by atoms with Crippen LogP contribution in [0.15, 0.2) is 53.5 Å². The lowest BCUT2D eigenvalue weighted by molar-refractivity contribution is -0.141. The SMILES string of the molecule is COc1cccc(Nc2ccc(C3=NC([C@H](C)C(=O)O)c4nnc(C)n4-c4sc(C)c(C)c43)cc2)c1. The molecule has 2 atom stereocenters. The molecule has 0 amide bonds. The monoisotopic (exact) mass is 501 g/mol. The molecule has 0 saturated carbocycles. The topological polar surface area (TPSA) is 102 Å². The van der Waals surface area contributed by atoms with Gasteiger partial charge in [-0.15, -0.1) is 21.5 Å². The lowest BCUT2D eigenvalue weighted by Crippen LogP contribution is -2.21. The highest BCUT2D eigenvalue weighted by atomic mass is 32.1. The molecule has 1 unspecified atom stereocenters. The Balaban J connectivity index is 1.61. The second-order valence-electron chi connectivity index (χ2n) is 8.89. The molecule has 9 heteroatoms. The Morgan fingerprint density at radius 1 is 1.11 bits per heavy atom. The second kappa shape index (κ2) is 9.23. The first kappa shape index (κ1) is 23.7. The molecule has 4 aromatic rings. The summed E-state index contributed by atoms with van der Waals surface area (Å²) >= 11 is 1.65. The summed E-state index contributed by atoms with van der Waals surface area (Å²) in [7, 11) is 1.64. The van der Waals surface area contributed by atoms with Crippen LogP contribution in [0.3, 0.4) is 0 Å². The smallest absolute Gasteiger partial charge is 0.308 e. The van der Waals surface area contributed by atoms with Crippen LogP contribution in [0.1, 0.15) is 46.2 Å². The molecular formula is C27H27N5O3S. The van der Waals surface area contributed by atoms with Gasteiger partial charge < -0.3 is 15.2 Å². The van der Waals surface area contributed by atoms with E-state index in [0.717, 1.165) is 44.5 Å². The van der Waals surface area contributed by atoms with Gasteiger partial charge in [0, 0.05) is 33.4 Å². The van der Waals surface area contributed by atoms with E-state index in [9.17, 15) is 9.90 Å². The Kier molecular flexibility index (Phi) is 6.09. The van der Waals surface area contributed by atoms with Crippen LogP contribution in [-0.2, 0) is 4.79 Å². The van der Waals surface area contributed by atoms with Crippen molar-refractivity contribution < 1.29 is 14.6 Å². The molecule has 184 valence electrons. The molecule has 0 bridgehead atoms. The lowest BCUT2D eigenvalue weighted by Gasteiger charge is -2.16. The molecule has 0 fully saturated rings. The van der Waals surface area contributed by atoms with Crippen molar-refractivity contribution in [1.29, 1.82) is 0 Å². The molecule has 2 aromatic carbocycles. The van der Waals surface area contributed by atoms with E-state index in [-0.39, 0.29) is 0 Å². The maximum atomic E-state index is 12.0. The highest BCUT2D eigenvalue weighted by molar-refractivity contribution is 7.15. The summed E-state index contributed by atoms with van der Waals surface area (Å²) in [6.45, 7) is 7.72. The first-order chi connectivity index (χ1) is 17.3. The van der Waals surface area contributed by atoms with Gasteiger partial charge in [0.25, 0.3) is 0 Å². The minimum atomic E-state index is -0.925. The number of aryl methyl sites for hydroxylation is 2. The number of rotatable bonds is 6. The molecule has 1 aliphatic rings. The number of carbonyl (C=O) groups is 1. The Morgan fingerprint density at radius 2 is 1.86 bits per heavy atom. The van der Waals surface area contributed by atoms with E-state index >= 15 is 0 Å². The number of anilines is 2. The zero-order valence-corrected chi connectivity index (χ0v) is 21.6. The molecule has 0 saturated heterocycles. The number of carboxylic acid groups (broad SMARTS) is 1. The van der Waals surface area contributed by atoms with Crippen LogP contribution in [0, 0.1) is 26.7 Å². The molecule has 0 spiro atoms. The van der Waals surface area contributed by atoms with Gasteiger partial charge in [-0.3, -0.25) is 14.4 Å². The first-order valence-corrected chi connectivity index (χ1v) is 12.4. The van der Waals surface area contributed by atoms with Crippen LogP contribution in [0.5, 0.6) is 5.75 Å². The number of methoxy groups -OCH3 is 1. The Bertz CT molecular complexity index is 1490. The summed E-state index contributed by atoms with van der Waals surface area (Å²) in [5, 5.41) is 22.9. The van der Waals surface area contributed by atoms with E-state index in [0.29, 0.717) is 11.6 Å². The largest absolute Gasteiger partial charge is 0.497 e. The van der Waals surface area contributed by atoms with Crippen molar-refractivity contribution in [1.82, 2.24) is 14.8 Å². The molecule has 8 nitrogen and oxygen atoms in total. The zero-order chi connectivity index (χ0) is 25.6. The molecule has 0 radical (unpaired) electrons. The van der Waals surface area contributed by atoms with Crippen molar-refractivity contribution >= 4 is 34.4 Å². The number of benzene rings is 2. The summed E-state index contributed by atoms with van der Waals surface area (Å²) in [6.07, 6.45) is 0. The van der Waals surface area contributed by atoms with E-state index in [4.69, 9.17) is 9.73 Å². The third-order valence-corrected chi connectivity index (χ3v) is 7.76. The number of nitrogens with one attached hydrogen (secondary N) is 1. The van der Waals surface area contributed by atoms with Crippen molar-refractivity contribution in [3.05, 3.63) is 81.7 Å².